The molecule has 0 atom stereocenters. The van der Waals surface area contributed by atoms with Crippen molar-refractivity contribution in [1.82, 2.24) is 0 Å². The Morgan fingerprint density at radius 3 is 2.38 bits per heavy atom. The maximum Gasteiger partial charge on any atom is 0.175 e. The molecule has 1 aromatic carbocycles. The minimum absolute atomic E-state index is 0.0967. The average molecular weight is 176 g/mol. The molecular formula is C9H12N4. The van der Waals surface area contributed by atoms with Gasteiger partial charge in [0.2, 0.25) is 0 Å². The van der Waals surface area contributed by atoms with Gasteiger partial charge in [0.15, 0.2) is 5.84 Å². The van der Waals surface area contributed by atoms with Gasteiger partial charge in [-0.25, -0.2) is 5.53 Å². The van der Waals surface area contributed by atoms with Crippen LogP contribution in [0.3, 0.4) is 0 Å². The van der Waals surface area contributed by atoms with Crippen molar-refractivity contribution in [2.24, 2.45) is 5.11 Å². The summed E-state index contributed by atoms with van der Waals surface area (Å²) < 4.78 is 0. The van der Waals surface area contributed by atoms with Crippen molar-refractivity contribution in [1.29, 1.82) is 10.9 Å². The molecule has 4 nitrogen and oxygen atoms in total. The van der Waals surface area contributed by atoms with Crippen LogP contribution in [0, 0.1) is 24.8 Å². The number of anilines is 1. The van der Waals surface area contributed by atoms with Gasteiger partial charge in [-0.15, -0.1) is 5.11 Å². The quantitative estimate of drug-likeness (QED) is 0.260. The van der Waals surface area contributed by atoms with E-state index in [1.54, 1.807) is 12.1 Å². The number of benzene rings is 1. The third-order valence-electron chi connectivity index (χ3n) is 2.03. The van der Waals surface area contributed by atoms with Gasteiger partial charge in [0.25, 0.3) is 0 Å². The Kier molecular flexibility index (Phi) is 2.41. The van der Waals surface area contributed by atoms with E-state index in [9.17, 15) is 0 Å². The van der Waals surface area contributed by atoms with Gasteiger partial charge in [0.1, 0.15) is 0 Å². The number of nitrogens with two attached hydrogens (primary N) is 1. The Labute approximate surface area is 76.8 Å². The number of hydrogen-bond acceptors (Lipinski definition) is 3. The second kappa shape index (κ2) is 3.35. The SMILES string of the molecule is Cc1cc(N)c(C(=N)N=N)cc1C. The summed E-state index contributed by atoms with van der Waals surface area (Å²) in [5, 5.41) is 10.4. The van der Waals surface area contributed by atoms with E-state index in [1.165, 1.54) is 0 Å². The Morgan fingerprint density at radius 2 is 1.85 bits per heavy atom. The van der Waals surface area contributed by atoms with Gasteiger partial charge < -0.3 is 5.73 Å². The number of hydrogen-bond donors (Lipinski definition) is 3. The Bertz CT molecular complexity index is 368. The first-order valence-electron chi connectivity index (χ1n) is 3.89. The molecule has 0 heterocycles. The molecule has 0 saturated heterocycles. The van der Waals surface area contributed by atoms with Crippen molar-refractivity contribution in [3.63, 3.8) is 0 Å². The predicted octanol–water partition coefficient (Wildman–Crippen LogP) is 2.24. The van der Waals surface area contributed by atoms with Gasteiger partial charge >= 0.3 is 0 Å². The number of rotatable bonds is 1. The fourth-order valence-electron chi connectivity index (χ4n) is 1.10. The molecule has 0 aromatic heterocycles. The lowest BCUT2D eigenvalue weighted by Gasteiger charge is -2.06. The molecule has 4 heteroatoms. The molecule has 0 spiro atoms. The first-order valence-corrected chi connectivity index (χ1v) is 3.89. The molecule has 0 saturated carbocycles. The fourth-order valence-corrected chi connectivity index (χ4v) is 1.10. The van der Waals surface area contributed by atoms with Crippen molar-refractivity contribution in [2.75, 3.05) is 5.73 Å². The zero-order valence-electron chi connectivity index (χ0n) is 7.68. The molecule has 0 aliphatic rings. The van der Waals surface area contributed by atoms with E-state index in [0.717, 1.165) is 11.1 Å². The van der Waals surface area contributed by atoms with Gasteiger partial charge in [0, 0.05) is 11.3 Å². The third kappa shape index (κ3) is 1.72. The lowest BCUT2D eigenvalue weighted by Crippen LogP contribution is -2.02. The zero-order chi connectivity index (χ0) is 10.0. The van der Waals surface area contributed by atoms with Crippen molar-refractivity contribution in [3.05, 3.63) is 28.8 Å². The van der Waals surface area contributed by atoms with Crippen LogP contribution in [0.5, 0.6) is 0 Å². The van der Waals surface area contributed by atoms with Gasteiger partial charge in [-0.3, -0.25) is 5.41 Å². The molecule has 68 valence electrons. The Hall–Kier alpha value is -1.71. The summed E-state index contributed by atoms with van der Waals surface area (Å²) in [5.41, 5.74) is 15.6. The van der Waals surface area contributed by atoms with E-state index in [0.29, 0.717) is 11.3 Å². The molecule has 4 N–H and O–H groups in total. The lowest BCUT2D eigenvalue weighted by atomic mass is 10.0. The van der Waals surface area contributed by atoms with Crippen molar-refractivity contribution < 1.29 is 0 Å². The number of nitrogen functional groups attached to an aromatic ring is 1. The smallest absolute Gasteiger partial charge is 0.175 e. The highest BCUT2D eigenvalue weighted by molar-refractivity contribution is 6.01. The van der Waals surface area contributed by atoms with Crippen LogP contribution in [0.25, 0.3) is 0 Å². The number of aryl methyl sites for hydroxylation is 2. The standard InChI is InChI=1S/C9H12N4/c1-5-3-7(9(11)13-12)8(10)4-6(5)2/h3-4,11-12H,10H2,1-2H3. The first kappa shape index (κ1) is 9.38. The predicted molar refractivity (Wildman–Crippen MR) is 52.3 cm³/mol. The number of nitrogens with zero attached hydrogens (tertiary/aromatic N) is 1. The van der Waals surface area contributed by atoms with Gasteiger partial charge in [-0.2, -0.15) is 0 Å². The number of nitrogens with one attached hydrogen (secondary N) is 2. The molecule has 0 amide bonds. The van der Waals surface area contributed by atoms with Crippen molar-refractivity contribution in [3.8, 4) is 0 Å². The summed E-state index contributed by atoms with van der Waals surface area (Å²) in [6.45, 7) is 3.90. The molecule has 1 aromatic rings. The van der Waals surface area contributed by atoms with Crippen LogP contribution in [0.4, 0.5) is 5.69 Å². The molecular weight excluding hydrogens is 164 g/mol. The van der Waals surface area contributed by atoms with E-state index >= 15 is 0 Å². The number of amidine groups is 1. The molecule has 0 bridgehead atoms. The van der Waals surface area contributed by atoms with Gasteiger partial charge in [0.05, 0.1) is 0 Å². The molecule has 0 fully saturated rings. The second-order valence-corrected chi connectivity index (χ2v) is 2.98. The van der Waals surface area contributed by atoms with Crippen LogP contribution in [-0.2, 0) is 0 Å². The van der Waals surface area contributed by atoms with Crippen LogP contribution < -0.4 is 5.73 Å². The minimum atomic E-state index is -0.0967. The minimum Gasteiger partial charge on any atom is -0.398 e. The largest absolute Gasteiger partial charge is 0.398 e. The van der Waals surface area contributed by atoms with Crippen molar-refractivity contribution in [2.45, 2.75) is 13.8 Å². The zero-order valence-corrected chi connectivity index (χ0v) is 7.68. The molecule has 1 rings (SSSR count). The summed E-state index contributed by atoms with van der Waals surface area (Å²) in [5.74, 6) is -0.0967. The maximum atomic E-state index is 7.35. The third-order valence-corrected chi connectivity index (χ3v) is 2.03. The maximum absolute atomic E-state index is 7.35. The monoisotopic (exact) mass is 176 g/mol. The Balaban J connectivity index is 3.31. The summed E-state index contributed by atoms with van der Waals surface area (Å²) in [6.07, 6.45) is 0. The van der Waals surface area contributed by atoms with Crippen molar-refractivity contribution >= 4 is 11.5 Å². The van der Waals surface area contributed by atoms with Crippen LogP contribution in [0.1, 0.15) is 16.7 Å². The van der Waals surface area contributed by atoms with E-state index < -0.39 is 0 Å². The van der Waals surface area contributed by atoms with E-state index in [1.807, 2.05) is 13.8 Å². The van der Waals surface area contributed by atoms with Crippen LogP contribution in [0.15, 0.2) is 17.2 Å². The summed E-state index contributed by atoms with van der Waals surface area (Å²) >= 11 is 0. The molecule has 0 unspecified atom stereocenters. The molecule has 0 aliphatic heterocycles. The van der Waals surface area contributed by atoms with Crippen LogP contribution >= 0.6 is 0 Å². The molecule has 0 radical (unpaired) electrons. The van der Waals surface area contributed by atoms with Crippen LogP contribution in [0.2, 0.25) is 0 Å². The average Bonchev–Trinajstić information content (AvgIpc) is 2.10. The van der Waals surface area contributed by atoms with Gasteiger partial charge in [-0.1, -0.05) is 0 Å². The Morgan fingerprint density at radius 1 is 1.31 bits per heavy atom. The highest BCUT2D eigenvalue weighted by Gasteiger charge is 2.06. The van der Waals surface area contributed by atoms with E-state index in [2.05, 4.69) is 5.11 Å². The molecule has 0 aliphatic carbocycles. The molecule has 13 heavy (non-hydrogen) atoms. The second-order valence-electron chi connectivity index (χ2n) is 2.98. The van der Waals surface area contributed by atoms with Crippen LogP contribution in [-0.4, -0.2) is 5.84 Å². The fraction of sp³-hybridized carbons (Fsp3) is 0.222. The van der Waals surface area contributed by atoms with Gasteiger partial charge in [-0.05, 0) is 37.1 Å². The van der Waals surface area contributed by atoms with E-state index in [4.69, 9.17) is 16.7 Å². The van der Waals surface area contributed by atoms with E-state index in [-0.39, 0.29) is 5.84 Å². The topological polar surface area (TPSA) is 86.1 Å². The first-order chi connectivity index (χ1) is 6.06. The highest BCUT2D eigenvalue weighted by atomic mass is 15.0. The summed E-state index contributed by atoms with van der Waals surface area (Å²) in [6, 6.07) is 3.58. The normalized spacial score (nSPS) is 9.69. The summed E-state index contributed by atoms with van der Waals surface area (Å²) in [7, 11) is 0. The highest BCUT2D eigenvalue weighted by Crippen LogP contribution is 2.18. The lowest BCUT2D eigenvalue weighted by molar-refractivity contribution is 1.16. The summed E-state index contributed by atoms with van der Waals surface area (Å²) in [4.78, 5) is 0.